The fourth-order valence-corrected chi connectivity index (χ4v) is 3.36. The fraction of sp³-hybridized carbons (Fsp3) is 0.150. The van der Waals surface area contributed by atoms with Crippen LogP contribution in [0.3, 0.4) is 0 Å². The Morgan fingerprint density at radius 2 is 2.08 bits per heavy atom. The molecule has 26 heavy (non-hydrogen) atoms. The summed E-state index contributed by atoms with van der Waals surface area (Å²) in [5.41, 5.74) is 8.84. The number of halogens is 2. The Bertz CT molecular complexity index is 1020. The number of hydrogen-bond acceptors (Lipinski definition) is 2. The van der Waals surface area contributed by atoms with Crippen molar-refractivity contribution < 1.29 is 14.3 Å². The number of hydrogen-bond donors (Lipinski definition) is 2. The predicted octanol–water partition coefficient (Wildman–Crippen LogP) is 4.78. The Hall–Kier alpha value is -2.63. The molecule has 3 rings (SSSR count). The Morgan fingerprint density at radius 1 is 1.31 bits per heavy atom. The van der Waals surface area contributed by atoms with Crippen LogP contribution in [0.2, 0.25) is 5.02 Å². The molecule has 0 saturated carbocycles. The van der Waals surface area contributed by atoms with E-state index in [2.05, 4.69) is 0 Å². The largest absolute Gasteiger partial charge is 0.478 e. The number of allylic oxidation sites excluding steroid dienone is 1. The first-order valence-corrected chi connectivity index (χ1v) is 8.47. The van der Waals surface area contributed by atoms with Gasteiger partial charge >= 0.3 is 5.97 Å². The van der Waals surface area contributed by atoms with Crippen molar-refractivity contribution in [2.24, 2.45) is 5.73 Å². The smallest absolute Gasteiger partial charge is 0.335 e. The molecule has 1 aromatic heterocycles. The molecule has 4 nitrogen and oxygen atoms in total. The highest BCUT2D eigenvalue weighted by Gasteiger charge is 2.18. The van der Waals surface area contributed by atoms with Gasteiger partial charge in [-0.3, -0.25) is 0 Å². The SMILES string of the molecule is Cc1c(-c2cccc(Cl)c2)c2cc(C(=O)O)ccc2n1CC(F)=CCN. The van der Waals surface area contributed by atoms with Crippen molar-refractivity contribution in [1.29, 1.82) is 0 Å². The van der Waals surface area contributed by atoms with Crippen molar-refractivity contribution in [2.75, 3.05) is 6.54 Å². The minimum atomic E-state index is -1.01. The van der Waals surface area contributed by atoms with Gasteiger partial charge < -0.3 is 15.4 Å². The zero-order valence-electron chi connectivity index (χ0n) is 14.2. The van der Waals surface area contributed by atoms with Gasteiger partial charge in [-0.2, -0.15) is 0 Å². The van der Waals surface area contributed by atoms with Gasteiger partial charge in [0.1, 0.15) is 5.83 Å². The molecule has 1 heterocycles. The van der Waals surface area contributed by atoms with Crippen LogP contribution in [0.4, 0.5) is 4.39 Å². The third kappa shape index (κ3) is 3.36. The zero-order valence-corrected chi connectivity index (χ0v) is 14.9. The van der Waals surface area contributed by atoms with Crippen molar-refractivity contribution in [3.63, 3.8) is 0 Å². The van der Waals surface area contributed by atoms with E-state index in [4.69, 9.17) is 17.3 Å². The maximum atomic E-state index is 14.1. The molecule has 0 aliphatic rings. The van der Waals surface area contributed by atoms with Crippen LogP contribution in [0.15, 0.2) is 54.4 Å². The number of benzene rings is 2. The maximum Gasteiger partial charge on any atom is 0.335 e. The number of nitrogens with two attached hydrogens (primary N) is 1. The predicted molar refractivity (Wildman–Crippen MR) is 102 cm³/mol. The van der Waals surface area contributed by atoms with Gasteiger partial charge in [0, 0.05) is 33.7 Å². The number of fused-ring (bicyclic) bond motifs is 1. The van der Waals surface area contributed by atoms with Gasteiger partial charge in [-0.1, -0.05) is 23.7 Å². The summed E-state index contributed by atoms with van der Waals surface area (Å²) < 4.78 is 15.9. The number of aromatic carboxylic acids is 1. The monoisotopic (exact) mass is 372 g/mol. The van der Waals surface area contributed by atoms with Crippen molar-refractivity contribution in [3.8, 4) is 11.1 Å². The number of aromatic nitrogens is 1. The number of rotatable bonds is 5. The minimum Gasteiger partial charge on any atom is -0.478 e. The third-order valence-electron chi connectivity index (χ3n) is 4.33. The van der Waals surface area contributed by atoms with Gasteiger partial charge in [-0.15, -0.1) is 0 Å². The molecular formula is C20H18ClFN2O2. The van der Waals surface area contributed by atoms with Gasteiger partial charge in [-0.25, -0.2) is 9.18 Å². The molecule has 3 N–H and O–H groups in total. The molecular weight excluding hydrogens is 355 g/mol. The Kier molecular flexibility index (Phi) is 5.11. The van der Waals surface area contributed by atoms with Crippen LogP contribution in [0.5, 0.6) is 0 Å². The lowest BCUT2D eigenvalue weighted by Crippen LogP contribution is -2.03. The van der Waals surface area contributed by atoms with E-state index in [1.54, 1.807) is 18.2 Å². The van der Waals surface area contributed by atoms with Crippen molar-refractivity contribution in [1.82, 2.24) is 4.57 Å². The molecule has 6 heteroatoms. The molecule has 0 fully saturated rings. The highest BCUT2D eigenvalue weighted by Crippen LogP contribution is 2.36. The summed E-state index contributed by atoms with van der Waals surface area (Å²) in [7, 11) is 0. The first-order valence-electron chi connectivity index (χ1n) is 8.09. The van der Waals surface area contributed by atoms with E-state index in [0.29, 0.717) is 5.02 Å². The van der Waals surface area contributed by atoms with E-state index in [9.17, 15) is 14.3 Å². The summed E-state index contributed by atoms with van der Waals surface area (Å²) in [5, 5.41) is 10.6. The van der Waals surface area contributed by atoms with Gasteiger partial charge in [0.15, 0.2) is 0 Å². The summed E-state index contributed by atoms with van der Waals surface area (Å²) in [4.78, 5) is 11.4. The molecule has 0 amide bonds. The lowest BCUT2D eigenvalue weighted by atomic mass is 10.0. The summed E-state index contributed by atoms with van der Waals surface area (Å²) in [6.45, 7) is 2.04. The molecule has 0 radical (unpaired) electrons. The molecule has 0 spiro atoms. The maximum absolute atomic E-state index is 14.1. The minimum absolute atomic E-state index is 0.0342. The quantitative estimate of drug-likeness (QED) is 0.677. The number of nitrogens with zero attached hydrogens (tertiary/aromatic N) is 1. The summed E-state index contributed by atoms with van der Waals surface area (Å²) >= 11 is 6.13. The van der Waals surface area contributed by atoms with Gasteiger partial charge in [-0.05, 0) is 48.9 Å². The molecule has 134 valence electrons. The van der Waals surface area contributed by atoms with Gasteiger partial charge in [0.05, 0.1) is 12.1 Å². The lowest BCUT2D eigenvalue weighted by Gasteiger charge is -2.08. The lowest BCUT2D eigenvalue weighted by molar-refractivity contribution is 0.0697. The van der Waals surface area contributed by atoms with Gasteiger partial charge in [0.25, 0.3) is 0 Å². The topological polar surface area (TPSA) is 68.2 Å². The van der Waals surface area contributed by atoms with Crippen LogP contribution in [0, 0.1) is 6.92 Å². The summed E-state index contributed by atoms with van der Waals surface area (Å²) in [5.74, 6) is -1.35. The van der Waals surface area contributed by atoms with Crippen LogP contribution < -0.4 is 5.73 Å². The standard InChI is InChI=1S/C20H18ClFN2O2/c1-12-19(13-3-2-4-15(21)9-13)17-10-14(20(25)26)5-6-18(17)24(12)11-16(22)7-8-23/h2-7,9-10H,8,11,23H2,1H3,(H,25,26). The van der Waals surface area contributed by atoms with Crippen molar-refractivity contribution >= 4 is 28.5 Å². The first kappa shape index (κ1) is 18.2. The van der Waals surface area contributed by atoms with Crippen molar-refractivity contribution in [3.05, 3.63) is 70.6 Å². The normalized spacial score (nSPS) is 11.9. The molecule has 0 aliphatic heterocycles. The average molecular weight is 373 g/mol. The molecule has 0 saturated heterocycles. The highest BCUT2D eigenvalue weighted by molar-refractivity contribution is 6.31. The number of carboxylic acids is 1. The van der Waals surface area contributed by atoms with Gasteiger partial charge in [0.2, 0.25) is 0 Å². The Morgan fingerprint density at radius 3 is 2.73 bits per heavy atom. The second-order valence-electron chi connectivity index (χ2n) is 5.98. The molecule has 0 aliphatic carbocycles. The van der Waals surface area contributed by atoms with Crippen molar-refractivity contribution in [2.45, 2.75) is 13.5 Å². The first-order chi connectivity index (χ1) is 12.4. The molecule has 3 aromatic rings. The summed E-state index contributed by atoms with van der Waals surface area (Å²) in [6.07, 6.45) is 1.33. The summed E-state index contributed by atoms with van der Waals surface area (Å²) in [6, 6.07) is 12.2. The number of carbonyl (C=O) groups is 1. The van der Waals surface area contributed by atoms with Crippen LogP contribution in [-0.4, -0.2) is 22.2 Å². The van der Waals surface area contributed by atoms with E-state index in [0.717, 1.165) is 27.7 Å². The van der Waals surface area contributed by atoms with Crippen LogP contribution in [-0.2, 0) is 6.54 Å². The molecule has 0 atom stereocenters. The van der Waals surface area contributed by atoms with Crippen LogP contribution >= 0.6 is 11.6 Å². The van der Waals surface area contributed by atoms with Crippen LogP contribution in [0.1, 0.15) is 16.1 Å². The fourth-order valence-electron chi connectivity index (χ4n) is 3.17. The average Bonchev–Trinajstić information content (AvgIpc) is 2.86. The number of carboxylic acid groups (broad SMARTS) is 1. The Balaban J connectivity index is 2.30. The highest BCUT2D eigenvalue weighted by atomic mass is 35.5. The van der Waals surface area contributed by atoms with E-state index < -0.39 is 5.97 Å². The second-order valence-corrected chi connectivity index (χ2v) is 6.42. The van der Waals surface area contributed by atoms with E-state index in [1.807, 2.05) is 29.7 Å². The zero-order chi connectivity index (χ0) is 18.8. The molecule has 0 unspecified atom stereocenters. The second kappa shape index (κ2) is 7.32. The van der Waals surface area contributed by atoms with E-state index >= 15 is 0 Å². The van der Waals surface area contributed by atoms with Crippen LogP contribution in [0.25, 0.3) is 22.0 Å². The third-order valence-corrected chi connectivity index (χ3v) is 4.57. The Labute approximate surface area is 155 Å². The molecule has 2 aromatic carbocycles. The van der Waals surface area contributed by atoms with E-state index in [-0.39, 0.29) is 24.5 Å². The van der Waals surface area contributed by atoms with E-state index in [1.165, 1.54) is 12.1 Å². The molecule has 0 bridgehead atoms.